The van der Waals surface area contributed by atoms with Crippen molar-refractivity contribution in [2.75, 3.05) is 7.11 Å². The van der Waals surface area contributed by atoms with E-state index in [0.717, 1.165) is 11.3 Å². The van der Waals surface area contributed by atoms with Gasteiger partial charge in [-0.15, -0.1) is 0 Å². The van der Waals surface area contributed by atoms with Crippen LogP contribution in [0.15, 0.2) is 42.5 Å². The van der Waals surface area contributed by atoms with Crippen LogP contribution in [-0.2, 0) is 6.61 Å². The Balaban J connectivity index is 2.10. The fraction of sp³-hybridized carbons (Fsp3) is 0.278. The van der Waals surface area contributed by atoms with Crippen LogP contribution in [0.5, 0.6) is 11.5 Å². The van der Waals surface area contributed by atoms with E-state index in [0.29, 0.717) is 23.8 Å². The van der Waals surface area contributed by atoms with E-state index in [1.165, 1.54) is 5.56 Å². The maximum atomic E-state index is 8.97. The van der Waals surface area contributed by atoms with Crippen molar-refractivity contribution in [3.05, 3.63) is 59.2 Å². The van der Waals surface area contributed by atoms with E-state index >= 15 is 0 Å². The van der Waals surface area contributed by atoms with Crippen LogP contribution in [0, 0.1) is 11.3 Å². The molecule has 3 nitrogen and oxygen atoms in total. The minimum absolute atomic E-state index is 0.448. The molecule has 21 heavy (non-hydrogen) atoms. The number of ether oxygens (including phenoxy) is 2. The largest absolute Gasteiger partial charge is 0.495 e. The van der Waals surface area contributed by atoms with Gasteiger partial charge in [0.1, 0.15) is 24.2 Å². The highest BCUT2D eigenvalue weighted by atomic mass is 16.5. The van der Waals surface area contributed by atoms with Gasteiger partial charge < -0.3 is 9.47 Å². The van der Waals surface area contributed by atoms with E-state index in [9.17, 15) is 0 Å². The summed E-state index contributed by atoms with van der Waals surface area (Å²) in [6.45, 7) is 4.76. The van der Waals surface area contributed by atoms with Crippen molar-refractivity contribution < 1.29 is 9.47 Å². The standard InChI is InChI=1S/C18H19NO2/c1-13(2)15-5-4-6-17(10-15)21-12-14-7-8-16(11-19)18(9-14)20-3/h4-10,13H,12H2,1-3H3. The zero-order valence-electron chi connectivity index (χ0n) is 12.6. The van der Waals surface area contributed by atoms with Crippen LogP contribution >= 0.6 is 0 Å². The second-order valence-electron chi connectivity index (χ2n) is 5.16. The molecule has 0 unspecified atom stereocenters. The highest BCUT2D eigenvalue weighted by molar-refractivity contribution is 5.45. The molecule has 0 saturated carbocycles. The Morgan fingerprint density at radius 1 is 1.14 bits per heavy atom. The number of hydrogen-bond acceptors (Lipinski definition) is 3. The number of methoxy groups -OCH3 is 1. The van der Waals surface area contributed by atoms with Crippen molar-refractivity contribution in [1.29, 1.82) is 5.26 Å². The maximum absolute atomic E-state index is 8.97. The number of benzene rings is 2. The molecule has 0 fully saturated rings. The molecule has 0 aliphatic heterocycles. The number of nitrogens with zero attached hydrogens (tertiary/aromatic N) is 1. The third kappa shape index (κ3) is 3.76. The molecule has 0 bridgehead atoms. The van der Waals surface area contributed by atoms with E-state index < -0.39 is 0 Å². The lowest BCUT2D eigenvalue weighted by atomic mass is 10.0. The first kappa shape index (κ1) is 14.9. The molecule has 0 aromatic heterocycles. The average Bonchev–Trinajstić information content (AvgIpc) is 2.52. The van der Waals surface area contributed by atoms with Crippen molar-refractivity contribution >= 4 is 0 Å². The Kier molecular flexibility index (Phi) is 4.84. The summed E-state index contributed by atoms with van der Waals surface area (Å²) in [5, 5.41) is 8.97. The fourth-order valence-electron chi connectivity index (χ4n) is 2.05. The Hall–Kier alpha value is -2.47. The topological polar surface area (TPSA) is 42.2 Å². The average molecular weight is 281 g/mol. The van der Waals surface area contributed by atoms with Gasteiger partial charge in [-0.05, 0) is 41.3 Å². The minimum atomic E-state index is 0.448. The summed E-state index contributed by atoms with van der Waals surface area (Å²) in [7, 11) is 1.56. The van der Waals surface area contributed by atoms with Gasteiger partial charge in [-0.1, -0.05) is 32.0 Å². The van der Waals surface area contributed by atoms with Crippen LogP contribution in [0.1, 0.15) is 36.5 Å². The molecule has 0 N–H and O–H groups in total. The number of rotatable bonds is 5. The summed E-state index contributed by atoms with van der Waals surface area (Å²) in [5.41, 5.74) is 2.76. The van der Waals surface area contributed by atoms with Crippen molar-refractivity contribution in [2.24, 2.45) is 0 Å². The van der Waals surface area contributed by atoms with Crippen LogP contribution < -0.4 is 9.47 Å². The van der Waals surface area contributed by atoms with Gasteiger partial charge in [0.15, 0.2) is 0 Å². The zero-order valence-corrected chi connectivity index (χ0v) is 12.6. The second kappa shape index (κ2) is 6.81. The third-order valence-corrected chi connectivity index (χ3v) is 3.32. The van der Waals surface area contributed by atoms with E-state index in [1.54, 1.807) is 13.2 Å². The van der Waals surface area contributed by atoms with Crippen LogP contribution in [0.4, 0.5) is 0 Å². The summed E-state index contributed by atoms with van der Waals surface area (Å²) >= 11 is 0. The monoisotopic (exact) mass is 281 g/mol. The molecule has 0 radical (unpaired) electrons. The molecule has 0 amide bonds. The van der Waals surface area contributed by atoms with Crippen molar-refractivity contribution in [1.82, 2.24) is 0 Å². The van der Waals surface area contributed by atoms with E-state index in [-0.39, 0.29) is 0 Å². The zero-order chi connectivity index (χ0) is 15.2. The maximum Gasteiger partial charge on any atom is 0.137 e. The Labute approximate surface area is 125 Å². The predicted molar refractivity (Wildman–Crippen MR) is 82.6 cm³/mol. The molecular weight excluding hydrogens is 262 g/mol. The van der Waals surface area contributed by atoms with E-state index in [1.807, 2.05) is 24.3 Å². The Morgan fingerprint density at radius 3 is 2.62 bits per heavy atom. The molecule has 108 valence electrons. The molecule has 2 rings (SSSR count). The first-order valence-electron chi connectivity index (χ1n) is 6.94. The van der Waals surface area contributed by atoms with Gasteiger partial charge in [-0.25, -0.2) is 0 Å². The molecular formula is C18H19NO2. The van der Waals surface area contributed by atoms with Crippen LogP contribution in [-0.4, -0.2) is 7.11 Å². The van der Waals surface area contributed by atoms with E-state index in [2.05, 4.69) is 32.0 Å². The Bertz CT molecular complexity index is 657. The minimum Gasteiger partial charge on any atom is -0.495 e. The number of hydrogen-bond donors (Lipinski definition) is 0. The second-order valence-corrected chi connectivity index (χ2v) is 5.16. The van der Waals surface area contributed by atoms with Crippen LogP contribution in [0.2, 0.25) is 0 Å². The summed E-state index contributed by atoms with van der Waals surface area (Å²) in [4.78, 5) is 0. The SMILES string of the molecule is COc1cc(COc2cccc(C(C)C)c2)ccc1C#N. The fourth-order valence-corrected chi connectivity index (χ4v) is 2.05. The summed E-state index contributed by atoms with van der Waals surface area (Å²) in [6, 6.07) is 15.7. The molecule has 0 aliphatic rings. The lowest BCUT2D eigenvalue weighted by Gasteiger charge is -2.11. The molecule has 0 atom stereocenters. The highest BCUT2D eigenvalue weighted by Gasteiger charge is 2.05. The molecule has 0 aliphatic carbocycles. The summed E-state index contributed by atoms with van der Waals surface area (Å²) < 4.78 is 11.0. The smallest absolute Gasteiger partial charge is 0.137 e. The van der Waals surface area contributed by atoms with Crippen LogP contribution in [0.3, 0.4) is 0 Å². The van der Waals surface area contributed by atoms with Gasteiger partial charge in [0.05, 0.1) is 12.7 Å². The quantitative estimate of drug-likeness (QED) is 0.822. The summed E-state index contributed by atoms with van der Waals surface area (Å²) in [5.74, 6) is 1.91. The van der Waals surface area contributed by atoms with E-state index in [4.69, 9.17) is 14.7 Å². The first-order chi connectivity index (χ1) is 10.1. The molecule has 2 aromatic carbocycles. The van der Waals surface area contributed by atoms with Gasteiger partial charge in [-0.3, -0.25) is 0 Å². The van der Waals surface area contributed by atoms with Gasteiger partial charge in [0.25, 0.3) is 0 Å². The normalized spacial score (nSPS) is 10.2. The van der Waals surface area contributed by atoms with Crippen molar-refractivity contribution in [3.8, 4) is 17.6 Å². The van der Waals surface area contributed by atoms with Crippen molar-refractivity contribution in [2.45, 2.75) is 26.4 Å². The molecule has 0 saturated heterocycles. The molecule has 2 aromatic rings. The predicted octanol–water partition coefficient (Wildman–Crippen LogP) is 4.27. The highest BCUT2D eigenvalue weighted by Crippen LogP contribution is 2.23. The summed E-state index contributed by atoms with van der Waals surface area (Å²) in [6.07, 6.45) is 0. The van der Waals surface area contributed by atoms with Gasteiger partial charge in [-0.2, -0.15) is 5.26 Å². The van der Waals surface area contributed by atoms with Crippen LogP contribution in [0.25, 0.3) is 0 Å². The first-order valence-corrected chi connectivity index (χ1v) is 6.94. The van der Waals surface area contributed by atoms with Gasteiger partial charge in [0, 0.05) is 0 Å². The van der Waals surface area contributed by atoms with Gasteiger partial charge in [0.2, 0.25) is 0 Å². The molecule has 0 heterocycles. The lowest BCUT2D eigenvalue weighted by Crippen LogP contribution is -1.98. The lowest BCUT2D eigenvalue weighted by molar-refractivity contribution is 0.304. The Morgan fingerprint density at radius 2 is 1.95 bits per heavy atom. The molecule has 3 heteroatoms. The van der Waals surface area contributed by atoms with Gasteiger partial charge >= 0.3 is 0 Å². The third-order valence-electron chi connectivity index (χ3n) is 3.32. The molecule has 0 spiro atoms. The number of nitriles is 1. The van der Waals surface area contributed by atoms with Crippen molar-refractivity contribution in [3.63, 3.8) is 0 Å².